The number of thioether (sulfide) groups is 1. The van der Waals surface area contributed by atoms with Crippen molar-refractivity contribution in [2.75, 3.05) is 0 Å². The predicted molar refractivity (Wildman–Crippen MR) is 117 cm³/mol. The normalized spacial score (nSPS) is 19.3. The van der Waals surface area contributed by atoms with Crippen LogP contribution in [0.2, 0.25) is 0 Å². The van der Waals surface area contributed by atoms with E-state index in [0.29, 0.717) is 26.3 Å². The summed E-state index contributed by atoms with van der Waals surface area (Å²) in [6, 6.07) is 8.66. The van der Waals surface area contributed by atoms with Crippen LogP contribution in [-0.4, -0.2) is 26.1 Å². The number of thiocarbonyl (C=S) groups is 1. The third-order valence-corrected chi connectivity index (χ3v) is 6.67. The molecule has 1 aromatic carbocycles. The summed E-state index contributed by atoms with van der Waals surface area (Å²) in [5.74, 6) is 1.10. The highest BCUT2D eigenvalue weighted by Crippen LogP contribution is 2.38. The largest absolute Gasteiger partial charge is 0.457 e. The second-order valence-corrected chi connectivity index (χ2v) is 8.98. The number of nitrogens with zero attached hydrogens (tertiary/aromatic N) is 2. The highest BCUT2D eigenvalue weighted by molar-refractivity contribution is 8.26. The molecule has 4 rings (SSSR count). The van der Waals surface area contributed by atoms with Crippen LogP contribution in [-0.2, 0) is 4.79 Å². The Hall–Kier alpha value is -2.45. The molecule has 0 radical (unpaired) electrons. The van der Waals surface area contributed by atoms with Gasteiger partial charge in [0.2, 0.25) is 0 Å². The van der Waals surface area contributed by atoms with Crippen molar-refractivity contribution in [2.45, 2.75) is 45.1 Å². The van der Waals surface area contributed by atoms with Gasteiger partial charge in [-0.3, -0.25) is 19.8 Å². The van der Waals surface area contributed by atoms with Crippen LogP contribution < -0.4 is 0 Å². The van der Waals surface area contributed by atoms with Crippen LogP contribution in [0.15, 0.2) is 39.7 Å². The second-order valence-electron chi connectivity index (χ2n) is 7.30. The van der Waals surface area contributed by atoms with Crippen LogP contribution in [0.5, 0.6) is 0 Å². The molecule has 0 atom stereocenters. The number of aryl methyl sites for hydroxylation is 1. The standard InChI is InChI=1S/C21H20N2O4S2/c1-13-11-14(7-9-17(13)23(25)26)18-10-8-16(27-18)12-19-20(24)22(21(28)29-19)15-5-3-2-4-6-15/h7-12,15H,2-6H2,1H3/b19-12-. The minimum atomic E-state index is -0.402. The first-order valence-electron chi connectivity index (χ1n) is 9.56. The van der Waals surface area contributed by atoms with Crippen LogP contribution in [0.1, 0.15) is 43.4 Å². The van der Waals surface area contributed by atoms with E-state index >= 15 is 0 Å². The molecule has 1 aliphatic carbocycles. The molecule has 1 aliphatic heterocycles. The zero-order valence-electron chi connectivity index (χ0n) is 15.9. The minimum absolute atomic E-state index is 0.0453. The highest BCUT2D eigenvalue weighted by Gasteiger charge is 2.37. The van der Waals surface area contributed by atoms with Gasteiger partial charge in [0.25, 0.3) is 11.6 Å². The van der Waals surface area contributed by atoms with Gasteiger partial charge < -0.3 is 4.42 Å². The first-order chi connectivity index (χ1) is 13.9. The van der Waals surface area contributed by atoms with E-state index in [4.69, 9.17) is 16.6 Å². The Morgan fingerprint density at radius 3 is 2.69 bits per heavy atom. The van der Waals surface area contributed by atoms with Crippen LogP contribution >= 0.6 is 24.0 Å². The van der Waals surface area contributed by atoms with Crippen LogP contribution in [0.3, 0.4) is 0 Å². The molecule has 2 aliphatic rings. The van der Waals surface area contributed by atoms with E-state index in [1.54, 1.807) is 42.2 Å². The lowest BCUT2D eigenvalue weighted by Crippen LogP contribution is -2.39. The van der Waals surface area contributed by atoms with Gasteiger partial charge >= 0.3 is 0 Å². The molecule has 8 heteroatoms. The molecule has 2 fully saturated rings. The number of hydrogen-bond donors (Lipinski definition) is 0. The summed E-state index contributed by atoms with van der Waals surface area (Å²) in [6.07, 6.45) is 7.23. The van der Waals surface area contributed by atoms with E-state index in [1.807, 2.05) is 0 Å². The van der Waals surface area contributed by atoms with Gasteiger partial charge in [0.15, 0.2) is 0 Å². The topological polar surface area (TPSA) is 76.6 Å². The van der Waals surface area contributed by atoms with Crippen molar-refractivity contribution in [1.82, 2.24) is 4.90 Å². The number of rotatable bonds is 4. The first kappa shape index (κ1) is 19.8. The monoisotopic (exact) mass is 428 g/mol. The smallest absolute Gasteiger partial charge is 0.272 e. The van der Waals surface area contributed by atoms with Gasteiger partial charge in [-0.15, -0.1) is 0 Å². The van der Waals surface area contributed by atoms with Crippen LogP contribution in [0, 0.1) is 17.0 Å². The summed E-state index contributed by atoms with van der Waals surface area (Å²) in [6.45, 7) is 1.70. The predicted octanol–water partition coefficient (Wildman–Crippen LogP) is 5.70. The number of benzene rings is 1. The molecule has 0 unspecified atom stereocenters. The third kappa shape index (κ3) is 4.00. The maximum absolute atomic E-state index is 12.9. The van der Waals surface area contributed by atoms with Gasteiger partial charge in [0.1, 0.15) is 15.8 Å². The number of nitro groups is 1. The number of carbonyl (C=O) groups is 1. The van der Waals surface area contributed by atoms with Crippen molar-refractivity contribution >= 4 is 46.0 Å². The summed E-state index contributed by atoms with van der Waals surface area (Å²) in [4.78, 5) is 25.8. The van der Waals surface area contributed by atoms with Crippen LogP contribution in [0.4, 0.5) is 5.69 Å². The van der Waals surface area contributed by atoms with E-state index in [1.165, 1.54) is 24.2 Å². The molecule has 1 saturated carbocycles. The summed E-state index contributed by atoms with van der Waals surface area (Å²) in [7, 11) is 0. The van der Waals surface area contributed by atoms with Crippen molar-refractivity contribution in [3.05, 3.63) is 56.7 Å². The fourth-order valence-electron chi connectivity index (χ4n) is 3.86. The van der Waals surface area contributed by atoms with Crippen molar-refractivity contribution in [1.29, 1.82) is 0 Å². The molecule has 29 heavy (non-hydrogen) atoms. The Bertz CT molecular complexity index is 1020. The van der Waals surface area contributed by atoms with Gasteiger partial charge in [-0.2, -0.15) is 0 Å². The van der Waals surface area contributed by atoms with Crippen molar-refractivity contribution in [3.63, 3.8) is 0 Å². The molecule has 150 valence electrons. The zero-order valence-corrected chi connectivity index (χ0v) is 17.6. The van der Waals surface area contributed by atoms with Gasteiger partial charge in [0, 0.05) is 29.3 Å². The van der Waals surface area contributed by atoms with Crippen LogP contribution in [0.25, 0.3) is 17.4 Å². The Kier molecular flexibility index (Phi) is 5.56. The molecule has 2 heterocycles. The molecule has 1 aromatic heterocycles. The maximum Gasteiger partial charge on any atom is 0.272 e. The van der Waals surface area contributed by atoms with E-state index in [-0.39, 0.29) is 17.6 Å². The van der Waals surface area contributed by atoms with E-state index in [9.17, 15) is 14.9 Å². The lowest BCUT2D eigenvalue weighted by atomic mass is 9.94. The third-order valence-electron chi connectivity index (χ3n) is 5.34. The first-order valence-corrected chi connectivity index (χ1v) is 10.8. The van der Waals surface area contributed by atoms with E-state index < -0.39 is 4.92 Å². The molecule has 0 spiro atoms. The number of furan rings is 1. The van der Waals surface area contributed by atoms with E-state index in [0.717, 1.165) is 31.2 Å². The quantitative estimate of drug-likeness (QED) is 0.269. The fraction of sp³-hybridized carbons (Fsp3) is 0.333. The SMILES string of the molecule is Cc1cc(-c2ccc(/C=C3\SC(=S)N(C4CCCCC4)C3=O)o2)ccc1[N+](=O)[O-]. The van der Waals surface area contributed by atoms with Gasteiger partial charge in [-0.1, -0.05) is 43.2 Å². The Labute approximate surface area is 178 Å². The molecule has 0 N–H and O–H groups in total. The lowest BCUT2D eigenvalue weighted by molar-refractivity contribution is -0.385. The number of hydrogen-bond acceptors (Lipinski definition) is 6. The Balaban J connectivity index is 1.55. The Morgan fingerprint density at radius 2 is 2.00 bits per heavy atom. The summed E-state index contributed by atoms with van der Waals surface area (Å²) in [5, 5.41) is 11.0. The van der Waals surface area contributed by atoms with Gasteiger partial charge in [-0.05, 0) is 44.0 Å². The van der Waals surface area contributed by atoms with Crippen molar-refractivity contribution in [2.24, 2.45) is 0 Å². The van der Waals surface area contributed by atoms with Gasteiger partial charge in [-0.25, -0.2) is 0 Å². The lowest BCUT2D eigenvalue weighted by Gasteiger charge is -2.29. The molecule has 2 aromatic rings. The maximum atomic E-state index is 12.9. The average molecular weight is 429 g/mol. The molecular formula is C21H20N2O4S2. The zero-order chi connectivity index (χ0) is 20.5. The Morgan fingerprint density at radius 1 is 1.24 bits per heavy atom. The summed E-state index contributed by atoms with van der Waals surface area (Å²) in [5.41, 5.74) is 1.40. The fourth-order valence-corrected chi connectivity index (χ4v) is 5.24. The molecule has 6 nitrogen and oxygen atoms in total. The summed E-state index contributed by atoms with van der Waals surface area (Å²) < 4.78 is 6.49. The number of amides is 1. The number of carbonyl (C=O) groups excluding carboxylic acids is 1. The van der Waals surface area contributed by atoms with Crippen molar-refractivity contribution < 1.29 is 14.1 Å². The average Bonchev–Trinajstić information content (AvgIpc) is 3.27. The van der Waals surface area contributed by atoms with Crippen molar-refractivity contribution in [3.8, 4) is 11.3 Å². The van der Waals surface area contributed by atoms with Gasteiger partial charge in [0.05, 0.1) is 9.83 Å². The molecule has 1 amide bonds. The second kappa shape index (κ2) is 8.12. The molecule has 0 bridgehead atoms. The highest BCUT2D eigenvalue weighted by atomic mass is 32.2. The molecule has 1 saturated heterocycles. The van der Waals surface area contributed by atoms with E-state index in [2.05, 4.69) is 0 Å². The molecular weight excluding hydrogens is 408 g/mol. The minimum Gasteiger partial charge on any atom is -0.457 e. The summed E-state index contributed by atoms with van der Waals surface area (Å²) >= 11 is 6.78. The number of nitro benzene ring substituents is 1.